The van der Waals surface area contributed by atoms with Crippen LogP contribution in [0.2, 0.25) is 0 Å². The van der Waals surface area contributed by atoms with Crippen LogP contribution in [0, 0.1) is 18.8 Å². The highest BCUT2D eigenvalue weighted by Crippen LogP contribution is 2.25. The lowest BCUT2D eigenvalue weighted by atomic mass is 10.2. The predicted octanol–water partition coefficient (Wildman–Crippen LogP) is 4.20. The lowest BCUT2D eigenvalue weighted by Crippen LogP contribution is -1.95. The summed E-state index contributed by atoms with van der Waals surface area (Å²) in [4.78, 5) is 0. The van der Waals surface area contributed by atoms with Crippen LogP contribution in [0.5, 0.6) is 11.5 Å². The van der Waals surface area contributed by atoms with Gasteiger partial charge in [-0.3, -0.25) is 0 Å². The highest BCUT2D eigenvalue weighted by Gasteiger charge is 1.99. The molecular formula is C17H15BrO2. The fourth-order valence-corrected chi connectivity index (χ4v) is 2.26. The Morgan fingerprint density at radius 3 is 2.50 bits per heavy atom. The number of methoxy groups -OCH3 is 1. The quantitative estimate of drug-likeness (QED) is 0.785. The molecule has 2 aromatic rings. The Bertz CT molecular complexity index is 636. The molecule has 0 aliphatic heterocycles. The van der Waals surface area contributed by atoms with E-state index in [1.807, 2.05) is 49.4 Å². The van der Waals surface area contributed by atoms with E-state index in [1.54, 1.807) is 7.11 Å². The molecule has 0 saturated carbocycles. The monoisotopic (exact) mass is 330 g/mol. The van der Waals surface area contributed by atoms with Gasteiger partial charge in [0, 0.05) is 5.56 Å². The molecule has 0 radical (unpaired) electrons. The minimum absolute atomic E-state index is 0.355. The van der Waals surface area contributed by atoms with Crippen LogP contribution < -0.4 is 9.47 Å². The zero-order valence-corrected chi connectivity index (χ0v) is 13.0. The SMILES string of the molecule is COc1ccc(C#CCOc2ccc(C)cc2Br)cc1. The third kappa shape index (κ3) is 4.04. The van der Waals surface area contributed by atoms with Gasteiger partial charge in [-0.05, 0) is 64.8 Å². The van der Waals surface area contributed by atoms with E-state index in [4.69, 9.17) is 9.47 Å². The Hall–Kier alpha value is -1.92. The maximum atomic E-state index is 5.61. The molecule has 20 heavy (non-hydrogen) atoms. The molecule has 2 aromatic carbocycles. The Morgan fingerprint density at radius 2 is 1.85 bits per heavy atom. The predicted molar refractivity (Wildman–Crippen MR) is 84.2 cm³/mol. The van der Waals surface area contributed by atoms with Crippen molar-refractivity contribution in [2.24, 2.45) is 0 Å². The molecule has 0 spiro atoms. The van der Waals surface area contributed by atoms with E-state index in [0.717, 1.165) is 21.5 Å². The van der Waals surface area contributed by atoms with Crippen molar-refractivity contribution in [2.75, 3.05) is 13.7 Å². The molecule has 0 aliphatic rings. The van der Waals surface area contributed by atoms with Crippen molar-refractivity contribution in [3.05, 3.63) is 58.1 Å². The number of ether oxygens (including phenoxy) is 2. The number of aryl methyl sites for hydroxylation is 1. The van der Waals surface area contributed by atoms with Crippen molar-refractivity contribution < 1.29 is 9.47 Å². The second-order valence-electron chi connectivity index (χ2n) is 4.25. The van der Waals surface area contributed by atoms with Gasteiger partial charge in [0.1, 0.15) is 18.1 Å². The molecule has 0 saturated heterocycles. The van der Waals surface area contributed by atoms with Crippen molar-refractivity contribution in [3.8, 4) is 23.3 Å². The maximum absolute atomic E-state index is 5.61. The van der Waals surface area contributed by atoms with E-state index in [2.05, 4.69) is 27.8 Å². The molecule has 102 valence electrons. The van der Waals surface area contributed by atoms with Gasteiger partial charge in [0.05, 0.1) is 11.6 Å². The second kappa shape index (κ2) is 7.02. The zero-order valence-electron chi connectivity index (χ0n) is 11.4. The molecule has 0 atom stereocenters. The van der Waals surface area contributed by atoms with Crippen LogP contribution in [0.3, 0.4) is 0 Å². The summed E-state index contributed by atoms with van der Waals surface area (Å²) in [5, 5.41) is 0. The minimum atomic E-state index is 0.355. The van der Waals surface area contributed by atoms with Crippen LogP contribution in [0.1, 0.15) is 11.1 Å². The molecule has 0 heterocycles. The van der Waals surface area contributed by atoms with E-state index >= 15 is 0 Å². The summed E-state index contributed by atoms with van der Waals surface area (Å²) in [6.45, 7) is 2.39. The first-order chi connectivity index (χ1) is 9.69. The van der Waals surface area contributed by atoms with Crippen LogP contribution in [-0.4, -0.2) is 13.7 Å². The van der Waals surface area contributed by atoms with Crippen molar-refractivity contribution in [2.45, 2.75) is 6.92 Å². The lowest BCUT2D eigenvalue weighted by Gasteiger charge is -2.05. The largest absolute Gasteiger partial charge is 0.497 e. The Labute approximate surface area is 127 Å². The average Bonchev–Trinajstić information content (AvgIpc) is 2.46. The molecule has 0 bridgehead atoms. The maximum Gasteiger partial charge on any atom is 0.149 e. The highest BCUT2D eigenvalue weighted by atomic mass is 79.9. The van der Waals surface area contributed by atoms with E-state index in [1.165, 1.54) is 5.56 Å². The van der Waals surface area contributed by atoms with Crippen LogP contribution in [-0.2, 0) is 0 Å². The van der Waals surface area contributed by atoms with Gasteiger partial charge in [0.2, 0.25) is 0 Å². The van der Waals surface area contributed by atoms with Gasteiger partial charge >= 0.3 is 0 Å². The summed E-state index contributed by atoms with van der Waals surface area (Å²) < 4.78 is 11.7. The van der Waals surface area contributed by atoms with Crippen molar-refractivity contribution in [1.82, 2.24) is 0 Å². The summed E-state index contributed by atoms with van der Waals surface area (Å²) in [6, 6.07) is 13.6. The number of benzene rings is 2. The molecule has 0 aliphatic carbocycles. The smallest absolute Gasteiger partial charge is 0.149 e. The summed E-state index contributed by atoms with van der Waals surface area (Å²) in [6.07, 6.45) is 0. The highest BCUT2D eigenvalue weighted by molar-refractivity contribution is 9.10. The molecule has 2 rings (SSSR count). The third-order valence-corrected chi connectivity index (χ3v) is 3.33. The first kappa shape index (κ1) is 14.5. The molecule has 0 N–H and O–H groups in total. The number of hydrogen-bond donors (Lipinski definition) is 0. The van der Waals surface area contributed by atoms with Crippen molar-refractivity contribution >= 4 is 15.9 Å². The Kier molecular flexibility index (Phi) is 5.09. The Balaban J connectivity index is 1.94. The minimum Gasteiger partial charge on any atom is -0.497 e. The van der Waals surface area contributed by atoms with Gasteiger partial charge in [-0.2, -0.15) is 0 Å². The topological polar surface area (TPSA) is 18.5 Å². The van der Waals surface area contributed by atoms with Crippen LogP contribution in [0.25, 0.3) is 0 Å². The summed E-state index contributed by atoms with van der Waals surface area (Å²) >= 11 is 3.47. The number of rotatable bonds is 3. The van der Waals surface area contributed by atoms with E-state index in [9.17, 15) is 0 Å². The lowest BCUT2D eigenvalue weighted by molar-refractivity contribution is 0.368. The molecule has 0 fully saturated rings. The second-order valence-corrected chi connectivity index (χ2v) is 5.11. The summed E-state index contributed by atoms with van der Waals surface area (Å²) in [7, 11) is 1.65. The van der Waals surface area contributed by atoms with Gasteiger partial charge in [-0.15, -0.1) is 0 Å². The van der Waals surface area contributed by atoms with Gasteiger partial charge in [0.15, 0.2) is 0 Å². The third-order valence-electron chi connectivity index (χ3n) is 2.71. The van der Waals surface area contributed by atoms with Gasteiger partial charge in [-0.25, -0.2) is 0 Å². The first-order valence-corrected chi connectivity index (χ1v) is 7.00. The van der Waals surface area contributed by atoms with Gasteiger partial charge in [0.25, 0.3) is 0 Å². The fraction of sp³-hybridized carbons (Fsp3) is 0.176. The normalized spacial score (nSPS) is 9.55. The van der Waals surface area contributed by atoms with E-state index < -0.39 is 0 Å². The van der Waals surface area contributed by atoms with E-state index in [0.29, 0.717) is 6.61 Å². The van der Waals surface area contributed by atoms with Crippen molar-refractivity contribution in [3.63, 3.8) is 0 Å². The van der Waals surface area contributed by atoms with Gasteiger partial charge in [-0.1, -0.05) is 17.9 Å². The molecule has 0 amide bonds. The van der Waals surface area contributed by atoms with Crippen LogP contribution in [0.4, 0.5) is 0 Å². The first-order valence-electron chi connectivity index (χ1n) is 6.21. The van der Waals surface area contributed by atoms with E-state index in [-0.39, 0.29) is 0 Å². The molecule has 0 unspecified atom stereocenters. The zero-order chi connectivity index (χ0) is 14.4. The average molecular weight is 331 g/mol. The van der Waals surface area contributed by atoms with Gasteiger partial charge < -0.3 is 9.47 Å². The van der Waals surface area contributed by atoms with Crippen LogP contribution in [0.15, 0.2) is 46.9 Å². The summed E-state index contributed by atoms with van der Waals surface area (Å²) in [5.74, 6) is 7.68. The molecule has 0 aromatic heterocycles. The Morgan fingerprint density at radius 1 is 1.10 bits per heavy atom. The number of halogens is 1. The molecular weight excluding hydrogens is 316 g/mol. The summed E-state index contributed by atoms with van der Waals surface area (Å²) in [5.41, 5.74) is 2.13. The fourth-order valence-electron chi connectivity index (χ4n) is 1.65. The standard InChI is InChI=1S/C17H15BrO2/c1-13-5-10-17(16(18)12-13)20-11-3-4-14-6-8-15(19-2)9-7-14/h5-10,12H,11H2,1-2H3. The molecule has 2 nitrogen and oxygen atoms in total. The van der Waals surface area contributed by atoms with Crippen molar-refractivity contribution in [1.29, 1.82) is 0 Å². The number of hydrogen-bond acceptors (Lipinski definition) is 2. The van der Waals surface area contributed by atoms with Crippen LogP contribution >= 0.6 is 15.9 Å². The molecule has 3 heteroatoms.